The lowest BCUT2D eigenvalue weighted by atomic mass is 10.1. The highest BCUT2D eigenvalue weighted by molar-refractivity contribution is 7.13. The number of aryl methyl sites for hydroxylation is 1. The van der Waals surface area contributed by atoms with E-state index in [4.69, 9.17) is 0 Å². The zero-order valence-corrected chi connectivity index (χ0v) is 15.6. The summed E-state index contributed by atoms with van der Waals surface area (Å²) in [5, 5.41) is 6.24. The first-order valence-electron chi connectivity index (χ1n) is 8.91. The molecule has 0 unspecified atom stereocenters. The molecule has 6 heteroatoms. The number of rotatable bonds is 6. The van der Waals surface area contributed by atoms with Crippen LogP contribution >= 0.6 is 11.3 Å². The molecule has 0 spiro atoms. The number of benzene rings is 1. The maximum atomic E-state index is 12.2. The molecule has 1 aromatic heterocycles. The van der Waals surface area contributed by atoms with Crippen molar-refractivity contribution in [2.75, 3.05) is 44.2 Å². The number of carbonyl (C=O) groups is 1. The van der Waals surface area contributed by atoms with E-state index in [-0.39, 0.29) is 5.91 Å². The van der Waals surface area contributed by atoms with Gasteiger partial charge in [-0.15, -0.1) is 11.3 Å². The molecular weight excluding hydrogens is 332 g/mol. The second kappa shape index (κ2) is 8.97. The number of thiazole rings is 1. The minimum absolute atomic E-state index is 0.120. The van der Waals surface area contributed by atoms with Crippen LogP contribution in [0.3, 0.4) is 0 Å². The highest BCUT2D eigenvalue weighted by Gasteiger charge is 2.18. The number of carbonyl (C=O) groups excluding carboxylic acids is 1. The SMILES string of the molecule is Cc1csc(N2CCCN(CC(=O)NCCc3ccccc3)CC2)n1. The van der Waals surface area contributed by atoms with Crippen molar-refractivity contribution in [1.29, 1.82) is 0 Å². The maximum absolute atomic E-state index is 12.2. The Kier molecular flexibility index (Phi) is 6.42. The van der Waals surface area contributed by atoms with Crippen LogP contribution in [0.2, 0.25) is 0 Å². The van der Waals surface area contributed by atoms with Gasteiger partial charge in [0.05, 0.1) is 12.2 Å². The van der Waals surface area contributed by atoms with Gasteiger partial charge in [0.1, 0.15) is 0 Å². The number of aromatic nitrogens is 1. The predicted octanol–water partition coefficient (Wildman–Crippen LogP) is 2.32. The van der Waals surface area contributed by atoms with E-state index in [1.54, 1.807) is 11.3 Å². The molecule has 0 saturated carbocycles. The van der Waals surface area contributed by atoms with E-state index in [0.717, 1.165) is 49.8 Å². The van der Waals surface area contributed by atoms with Gasteiger partial charge in [0.25, 0.3) is 0 Å². The Hall–Kier alpha value is -1.92. The molecule has 1 aliphatic heterocycles. The fraction of sp³-hybridized carbons (Fsp3) is 0.474. The number of nitrogens with zero attached hydrogens (tertiary/aromatic N) is 3. The molecule has 5 nitrogen and oxygen atoms in total. The number of nitrogens with one attached hydrogen (secondary N) is 1. The van der Waals surface area contributed by atoms with E-state index in [9.17, 15) is 4.79 Å². The minimum atomic E-state index is 0.120. The molecule has 1 aliphatic rings. The summed E-state index contributed by atoms with van der Waals surface area (Å²) < 4.78 is 0. The largest absolute Gasteiger partial charge is 0.355 e. The van der Waals surface area contributed by atoms with E-state index in [0.29, 0.717) is 13.1 Å². The Balaban J connectivity index is 1.40. The third-order valence-corrected chi connectivity index (χ3v) is 5.43. The van der Waals surface area contributed by atoms with Crippen molar-refractivity contribution in [3.8, 4) is 0 Å². The van der Waals surface area contributed by atoms with Crippen molar-refractivity contribution in [2.24, 2.45) is 0 Å². The lowest BCUT2D eigenvalue weighted by molar-refractivity contribution is -0.122. The fourth-order valence-corrected chi connectivity index (χ4v) is 3.91. The van der Waals surface area contributed by atoms with Gasteiger partial charge in [-0.1, -0.05) is 30.3 Å². The van der Waals surface area contributed by atoms with Crippen LogP contribution in [0.1, 0.15) is 17.7 Å². The predicted molar refractivity (Wildman–Crippen MR) is 103 cm³/mol. The van der Waals surface area contributed by atoms with Crippen LogP contribution in [-0.2, 0) is 11.2 Å². The molecule has 1 saturated heterocycles. The lowest BCUT2D eigenvalue weighted by Gasteiger charge is -2.21. The van der Waals surface area contributed by atoms with Crippen molar-refractivity contribution in [3.05, 3.63) is 47.0 Å². The van der Waals surface area contributed by atoms with E-state index in [2.05, 4.69) is 37.6 Å². The zero-order chi connectivity index (χ0) is 17.5. The summed E-state index contributed by atoms with van der Waals surface area (Å²) in [6.45, 7) is 7.03. The van der Waals surface area contributed by atoms with Gasteiger partial charge in [-0.2, -0.15) is 0 Å². The molecular formula is C19H26N4OS. The maximum Gasteiger partial charge on any atom is 0.234 e. The highest BCUT2D eigenvalue weighted by atomic mass is 32.1. The van der Waals surface area contributed by atoms with Crippen LogP contribution in [0.15, 0.2) is 35.7 Å². The molecule has 0 bridgehead atoms. The van der Waals surface area contributed by atoms with Crippen LogP contribution in [0, 0.1) is 6.92 Å². The number of hydrogen-bond acceptors (Lipinski definition) is 5. The van der Waals surface area contributed by atoms with E-state index in [1.807, 2.05) is 25.1 Å². The van der Waals surface area contributed by atoms with Gasteiger partial charge in [0.15, 0.2) is 5.13 Å². The smallest absolute Gasteiger partial charge is 0.234 e. The van der Waals surface area contributed by atoms with Gasteiger partial charge in [-0.3, -0.25) is 9.69 Å². The second-order valence-corrected chi connectivity index (χ2v) is 7.31. The Bertz CT molecular complexity index is 673. The number of amides is 1. The quantitative estimate of drug-likeness (QED) is 0.861. The number of anilines is 1. The summed E-state index contributed by atoms with van der Waals surface area (Å²) >= 11 is 1.71. The van der Waals surface area contributed by atoms with Gasteiger partial charge in [0, 0.05) is 38.1 Å². The highest BCUT2D eigenvalue weighted by Crippen LogP contribution is 2.21. The standard InChI is InChI=1S/C19H26N4OS/c1-16-15-25-19(21-16)23-11-5-10-22(12-13-23)14-18(24)20-9-8-17-6-3-2-4-7-17/h2-4,6-7,15H,5,8-14H2,1H3,(H,20,24). The van der Waals surface area contributed by atoms with Crippen LogP contribution < -0.4 is 10.2 Å². The van der Waals surface area contributed by atoms with E-state index >= 15 is 0 Å². The summed E-state index contributed by atoms with van der Waals surface area (Å²) in [5.41, 5.74) is 2.34. The van der Waals surface area contributed by atoms with Crippen LogP contribution in [0.4, 0.5) is 5.13 Å². The molecule has 2 aromatic rings. The second-order valence-electron chi connectivity index (χ2n) is 6.47. The number of hydrogen-bond donors (Lipinski definition) is 1. The Morgan fingerprint density at radius 1 is 1.20 bits per heavy atom. The monoisotopic (exact) mass is 358 g/mol. The topological polar surface area (TPSA) is 48.5 Å². The molecule has 2 heterocycles. The first-order chi connectivity index (χ1) is 12.2. The van der Waals surface area contributed by atoms with Gasteiger partial charge in [0.2, 0.25) is 5.91 Å². The minimum Gasteiger partial charge on any atom is -0.355 e. The molecule has 3 rings (SSSR count). The summed E-state index contributed by atoms with van der Waals surface area (Å²) in [7, 11) is 0. The van der Waals surface area contributed by atoms with Crippen molar-refractivity contribution in [1.82, 2.24) is 15.2 Å². The molecule has 134 valence electrons. The summed E-state index contributed by atoms with van der Waals surface area (Å²) in [4.78, 5) is 21.4. The summed E-state index contributed by atoms with van der Waals surface area (Å²) in [6, 6.07) is 10.3. The third-order valence-electron chi connectivity index (χ3n) is 4.41. The molecule has 0 aliphatic carbocycles. The molecule has 1 amide bonds. The Labute approximate surface area is 153 Å². The molecule has 1 fully saturated rings. The Morgan fingerprint density at radius 2 is 2.04 bits per heavy atom. The van der Waals surface area contributed by atoms with Gasteiger partial charge in [-0.05, 0) is 25.3 Å². The first kappa shape index (κ1) is 17.9. The third kappa shape index (κ3) is 5.54. The average molecular weight is 359 g/mol. The fourth-order valence-electron chi connectivity index (χ4n) is 3.06. The van der Waals surface area contributed by atoms with Crippen LogP contribution in [-0.4, -0.2) is 55.1 Å². The zero-order valence-electron chi connectivity index (χ0n) is 14.8. The van der Waals surface area contributed by atoms with E-state index < -0.39 is 0 Å². The first-order valence-corrected chi connectivity index (χ1v) is 9.79. The molecule has 1 aromatic carbocycles. The Morgan fingerprint density at radius 3 is 2.80 bits per heavy atom. The van der Waals surface area contributed by atoms with E-state index in [1.165, 1.54) is 5.56 Å². The van der Waals surface area contributed by atoms with Crippen LogP contribution in [0.5, 0.6) is 0 Å². The molecule has 0 atom stereocenters. The van der Waals surface area contributed by atoms with Crippen LogP contribution in [0.25, 0.3) is 0 Å². The van der Waals surface area contributed by atoms with Crippen molar-refractivity contribution in [3.63, 3.8) is 0 Å². The normalized spacial score (nSPS) is 15.8. The van der Waals surface area contributed by atoms with Gasteiger partial charge >= 0.3 is 0 Å². The molecule has 0 radical (unpaired) electrons. The van der Waals surface area contributed by atoms with Gasteiger partial charge < -0.3 is 10.2 Å². The summed E-state index contributed by atoms with van der Waals surface area (Å²) in [6.07, 6.45) is 1.94. The molecule has 25 heavy (non-hydrogen) atoms. The van der Waals surface area contributed by atoms with Crippen molar-refractivity contribution >= 4 is 22.4 Å². The molecule has 1 N–H and O–H groups in total. The lowest BCUT2D eigenvalue weighted by Crippen LogP contribution is -2.39. The van der Waals surface area contributed by atoms with Crippen molar-refractivity contribution in [2.45, 2.75) is 19.8 Å². The summed E-state index contributed by atoms with van der Waals surface area (Å²) in [5.74, 6) is 0.120. The average Bonchev–Trinajstić information content (AvgIpc) is 2.91. The van der Waals surface area contributed by atoms with Gasteiger partial charge in [-0.25, -0.2) is 4.98 Å². The van der Waals surface area contributed by atoms with Crippen molar-refractivity contribution < 1.29 is 4.79 Å².